The Kier molecular flexibility index (Phi) is 4.36. The molecule has 3 heteroatoms. The summed E-state index contributed by atoms with van der Waals surface area (Å²) in [6, 6.07) is 0. The first-order chi connectivity index (χ1) is 7.71. The third kappa shape index (κ3) is 3.84. The highest BCUT2D eigenvalue weighted by Crippen LogP contribution is 2.40. The van der Waals surface area contributed by atoms with E-state index < -0.39 is 5.91 Å². The van der Waals surface area contributed by atoms with Crippen LogP contribution in [0.5, 0.6) is 0 Å². The molecule has 3 N–H and O–H groups in total. The number of aliphatic hydroxyl groups excluding tert-OH is 1. The Hall–Kier alpha value is -0.830. The van der Waals surface area contributed by atoms with E-state index >= 15 is 0 Å². The Labute approximate surface area is 104 Å². The molecule has 3 unspecified atom stereocenters. The summed E-state index contributed by atoms with van der Waals surface area (Å²) in [5, 5.41) is 10.1. The number of carbonyl (C=O) groups excluding carboxylic acids is 1. The Morgan fingerprint density at radius 3 is 2.35 bits per heavy atom. The van der Waals surface area contributed by atoms with Gasteiger partial charge in [-0.1, -0.05) is 26.8 Å². The molecule has 1 rings (SSSR count). The van der Waals surface area contributed by atoms with E-state index in [4.69, 9.17) is 5.73 Å². The standard InChI is InChI=1S/C14H25NO2/c1-9(13(15)17)7-10-5-6-11(8-12(10)16)14(2,3)4/h7,10-12,16H,5-6,8H2,1-4H3,(H2,15,17)/b9-7+. The largest absolute Gasteiger partial charge is 0.393 e. The maximum atomic E-state index is 11.0. The van der Waals surface area contributed by atoms with Gasteiger partial charge in [0, 0.05) is 11.5 Å². The van der Waals surface area contributed by atoms with E-state index in [9.17, 15) is 9.90 Å². The van der Waals surface area contributed by atoms with Crippen molar-refractivity contribution in [1.82, 2.24) is 0 Å². The van der Waals surface area contributed by atoms with Gasteiger partial charge in [-0.15, -0.1) is 0 Å². The molecule has 1 aliphatic carbocycles. The van der Waals surface area contributed by atoms with Gasteiger partial charge in [0.05, 0.1) is 6.10 Å². The normalized spacial score (nSPS) is 31.4. The predicted octanol–water partition coefficient (Wildman–Crippen LogP) is 2.24. The third-order valence-electron chi connectivity index (χ3n) is 3.95. The molecule has 1 aliphatic rings. The number of carbonyl (C=O) groups is 1. The molecule has 0 heterocycles. The zero-order valence-corrected chi connectivity index (χ0v) is 11.4. The van der Waals surface area contributed by atoms with Crippen LogP contribution in [0.15, 0.2) is 11.6 Å². The second kappa shape index (κ2) is 5.21. The summed E-state index contributed by atoms with van der Waals surface area (Å²) in [5.74, 6) is 0.243. The van der Waals surface area contributed by atoms with E-state index in [0.717, 1.165) is 19.3 Å². The van der Waals surface area contributed by atoms with Crippen LogP contribution in [0.25, 0.3) is 0 Å². The number of rotatable bonds is 2. The van der Waals surface area contributed by atoms with Crippen molar-refractivity contribution < 1.29 is 9.90 Å². The molecule has 98 valence electrons. The monoisotopic (exact) mass is 239 g/mol. The molecule has 17 heavy (non-hydrogen) atoms. The minimum absolute atomic E-state index is 0.0844. The van der Waals surface area contributed by atoms with Crippen molar-refractivity contribution in [3.63, 3.8) is 0 Å². The fourth-order valence-electron chi connectivity index (χ4n) is 2.55. The molecule has 0 aliphatic heterocycles. The van der Waals surface area contributed by atoms with Crippen LogP contribution < -0.4 is 5.73 Å². The van der Waals surface area contributed by atoms with Gasteiger partial charge in [0.1, 0.15) is 0 Å². The Morgan fingerprint density at radius 2 is 1.94 bits per heavy atom. The Balaban J connectivity index is 2.66. The van der Waals surface area contributed by atoms with Gasteiger partial charge in [-0.3, -0.25) is 4.79 Å². The molecule has 3 atom stereocenters. The van der Waals surface area contributed by atoms with E-state index in [-0.39, 0.29) is 17.4 Å². The zero-order chi connectivity index (χ0) is 13.2. The number of aliphatic hydroxyl groups is 1. The fourth-order valence-corrected chi connectivity index (χ4v) is 2.55. The van der Waals surface area contributed by atoms with E-state index in [1.807, 2.05) is 6.08 Å². The van der Waals surface area contributed by atoms with Gasteiger partial charge < -0.3 is 10.8 Å². The van der Waals surface area contributed by atoms with E-state index in [0.29, 0.717) is 11.5 Å². The molecule has 0 aromatic carbocycles. The lowest BCUT2D eigenvalue weighted by molar-refractivity contribution is -0.114. The van der Waals surface area contributed by atoms with Crippen molar-refractivity contribution in [2.24, 2.45) is 23.0 Å². The van der Waals surface area contributed by atoms with Crippen LogP contribution in [0.1, 0.15) is 47.0 Å². The first kappa shape index (κ1) is 14.2. The summed E-state index contributed by atoms with van der Waals surface area (Å²) in [7, 11) is 0. The second-order valence-corrected chi connectivity index (χ2v) is 6.32. The number of hydrogen-bond donors (Lipinski definition) is 2. The van der Waals surface area contributed by atoms with Crippen molar-refractivity contribution in [3.05, 3.63) is 11.6 Å². The first-order valence-electron chi connectivity index (χ1n) is 6.38. The van der Waals surface area contributed by atoms with Gasteiger partial charge in [0.25, 0.3) is 0 Å². The highest BCUT2D eigenvalue weighted by atomic mass is 16.3. The van der Waals surface area contributed by atoms with E-state index in [1.54, 1.807) is 6.92 Å². The van der Waals surface area contributed by atoms with Gasteiger partial charge in [0.15, 0.2) is 0 Å². The summed E-state index contributed by atoms with van der Waals surface area (Å²) in [6.45, 7) is 8.37. The highest BCUT2D eigenvalue weighted by molar-refractivity contribution is 5.91. The quantitative estimate of drug-likeness (QED) is 0.726. The van der Waals surface area contributed by atoms with E-state index in [2.05, 4.69) is 20.8 Å². The fraction of sp³-hybridized carbons (Fsp3) is 0.786. The van der Waals surface area contributed by atoms with Crippen LogP contribution in [0.4, 0.5) is 0 Å². The van der Waals surface area contributed by atoms with E-state index in [1.165, 1.54) is 0 Å². The molecule has 1 amide bonds. The number of amides is 1. The van der Waals surface area contributed by atoms with Crippen LogP contribution in [0.3, 0.4) is 0 Å². The van der Waals surface area contributed by atoms with Crippen LogP contribution >= 0.6 is 0 Å². The summed E-state index contributed by atoms with van der Waals surface area (Å²) in [6.07, 6.45) is 4.35. The topological polar surface area (TPSA) is 63.3 Å². The number of nitrogens with two attached hydrogens (primary N) is 1. The van der Waals surface area contributed by atoms with Crippen molar-refractivity contribution in [2.45, 2.75) is 53.1 Å². The minimum atomic E-state index is -0.393. The first-order valence-corrected chi connectivity index (χ1v) is 6.38. The van der Waals surface area contributed by atoms with Crippen LogP contribution in [-0.4, -0.2) is 17.1 Å². The number of hydrogen-bond acceptors (Lipinski definition) is 2. The zero-order valence-electron chi connectivity index (χ0n) is 11.4. The summed E-state index contributed by atoms with van der Waals surface area (Å²) in [5.41, 5.74) is 6.01. The van der Waals surface area contributed by atoms with Gasteiger partial charge in [-0.2, -0.15) is 0 Å². The maximum Gasteiger partial charge on any atom is 0.244 e. The molecule has 0 aromatic heterocycles. The molecular formula is C14H25NO2. The highest BCUT2D eigenvalue weighted by Gasteiger charge is 2.34. The predicted molar refractivity (Wildman–Crippen MR) is 69.2 cm³/mol. The molecule has 0 saturated heterocycles. The second-order valence-electron chi connectivity index (χ2n) is 6.32. The summed E-state index contributed by atoms with van der Waals surface area (Å²) in [4.78, 5) is 11.0. The Morgan fingerprint density at radius 1 is 1.35 bits per heavy atom. The minimum Gasteiger partial charge on any atom is -0.393 e. The van der Waals surface area contributed by atoms with Crippen LogP contribution in [0, 0.1) is 17.3 Å². The number of primary amides is 1. The van der Waals surface area contributed by atoms with Crippen LogP contribution in [0.2, 0.25) is 0 Å². The lowest BCUT2D eigenvalue weighted by atomic mass is 9.68. The molecule has 3 nitrogen and oxygen atoms in total. The smallest absolute Gasteiger partial charge is 0.244 e. The summed E-state index contributed by atoms with van der Waals surface area (Å²) >= 11 is 0. The van der Waals surface area contributed by atoms with Crippen LogP contribution in [-0.2, 0) is 4.79 Å². The molecule has 1 saturated carbocycles. The van der Waals surface area contributed by atoms with Crippen molar-refractivity contribution >= 4 is 5.91 Å². The van der Waals surface area contributed by atoms with Crippen molar-refractivity contribution in [2.75, 3.05) is 0 Å². The molecule has 0 radical (unpaired) electrons. The van der Waals surface area contributed by atoms with Crippen molar-refractivity contribution in [3.8, 4) is 0 Å². The van der Waals surface area contributed by atoms with Crippen molar-refractivity contribution in [1.29, 1.82) is 0 Å². The third-order valence-corrected chi connectivity index (χ3v) is 3.95. The summed E-state index contributed by atoms with van der Waals surface area (Å²) < 4.78 is 0. The van der Waals surface area contributed by atoms with Gasteiger partial charge >= 0.3 is 0 Å². The SMILES string of the molecule is C/C(=C\C1CCC(C(C)(C)C)CC1O)C(N)=O. The average molecular weight is 239 g/mol. The van der Waals surface area contributed by atoms with Gasteiger partial charge in [-0.25, -0.2) is 0 Å². The molecule has 1 fully saturated rings. The molecular weight excluding hydrogens is 214 g/mol. The average Bonchev–Trinajstić information content (AvgIpc) is 2.19. The Bertz CT molecular complexity index is 315. The molecule has 0 bridgehead atoms. The lowest BCUT2D eigenvalue weighted by Crippen LogP contribution is -2.34. The molecule has 0 spiro atoms. The maximum absolute atomic E-state index is 11.0. The molecule has 0 aromatic rings. The lowest BCUT2D eigenvalue weighted by Gasteiger charge is -2.39. The van der Waals surface area contributed by atoms with Gasteiger partial charge in [-0.05, 0) is 37.5 Å². The van der Waals surface area contributed by atoms with Gasteiger partial charge in [0.2, 0.25) is 5.91 Å².